The van der Waals surface area contributed by atoms with Crippen LogP contribution in [0.15, 0.2) is 42.5 Å². The number of carbonyl (C=O) groups is 2. The summed E-state index contributed by atoms with van der Waals surface area (Å²) in [6.07, 6.45) is -0.205. The Labute approximate surface area is 134 Å². The van der Waals surface area contributed by atoms with Crippen LogP contribution in [0.2, 0.25) is 0 Å². The topological polar surface area (TPSA) is 55.4 Å². The van der Waals surface area contributed by atoms with Crippen LogP contribution in [0.4, 0.5) is 10.1 Å². The number of halogens is 1. The van der Waals surface area contributed by atoms with Crippen molar-refractivity contribution in [3.63, 3.8) is 0 Å². The standard InChI is InChI=1S/C18H18FNO3/c1-12-7-8-13(2)16(9-12)20-17(21)11-23-18(22)10-14-5-3-4-6-15(14)19/h3-9H,10-11H2,1-2H3,(H,20,21). The van der Waals surface area contributed by atoms with Gasteiger partial charge in [0.25, 0.3) is 5.91 Å². The molecule has 2 aromatic rings. The first-order chi connectivity index (χ1) is 11.0. The third kappa shape index (κ3) is 4.92. The van der Waals surface area contributed by atoms with Crippen molar-refractivity contribution in [3.05, 3.63) is 65.0 Å². The summed E-state index contributed by atoms with van der Waals surface area (Å²) in [5.74, 6) is -1.55. The zero-order valence-electron chi connectivity index (χ0n) is 13.1. The number of esters is 1. The van der Waals surface area contributed by atoms with Crippen LogP contribution < -0.4 is 5.32 Å². The first-order valence-corrected chi connectivity index (χ1v) is 7.22. The van der Waals surface area contributed by atoms with Crippen LogP contribution >= 0.6 is 0 Å². The van der Waals surface area contributed by atoms with Gasteiger partial charge in [-0.1, -0.05) is 30.3 Å². The van der Waals surface area contributed by atoms with Crippen molar-refractivity contribution < 1.29 is 18.7 Å². The lowest BCUT2D eigenvalue weighted by atomic mass is 10.1. The molecule has 0 atom stereocenters. The maximum atomic E-state index is 13.4. The van der Waals surface area contributed by atoms with E-state index in [0.29, 0.717) is 5.69 Å². The molecule has 23 heavy (non-hydrogen) atoms. The molecule has 0 radical (unpaired) electrons. The Kier molecular flexibility index (Phi) is 5.46. The molecule has 0 heterocycles. The van der Waals surface area contributed by atoms with Gasteiger partial charge in [-0.15, -0.1) is 0 Å². The average Bonchev–Trinajstić information content (AvgIpc) is 2.51. The van der Waals surface area contributed by atoms with E-state index in [2.05, 4.69) is 5.32 Å². The number of nitrogens with one attached hydrogen (secondary N) is 1. The highest BCUT2D eigenvalue weighted by Gasteiger charge is 2.12. The van der Waals surface area contributed by atoms with Gasteiger partial charge in [-0.3, -0.25) is 9.59 Å². The Balaban J connectivity index is 1.85. The van der Waals surface area contributed by atoms with Crippen molar-refractivity contribution >= 4 is 17.6 Å². The summed E-state index contributed by atoms with van der Waals surface area (Å²) in [5.41, 5.74) is 2.86. The van der Waals surface area contributed by atoms with Gasteiger partial charge in [0.15, 0.2) is 6.61 Å². The highest BCUT2D eigenvalue weighted by atomic mass is 19.1. The van der Waals surface area contributed by atoms with Crippen molar-refractivity contribution in [1.82, 2.24) is 0 Å². The van der Waals surface area contributed by atoms with Crippen LogP contribution in [-0.4, -0.2) is 18.5 Å². The molecule has 120 valence electrons. The van der Waals surface area contributed by atoms with E-state index in [0.717, 1.165) is 11.1 Å². The van der Waals surface area contributed by atoms with Gasteiger partial charge in [-0.2, -0.15) is 0 Å². The molecule has 0 aliphatic heterocycles. The summed E-state index contributed by atoms with van der Waals surface area (Å²) in [7, 11) is 0. The molecule has 0 spiro atoms. The number of carbonyl (C=O) groups excluding carboxylic acids is 2. The maximum absolute atomic E-state index is 13.4. The van der Waals surface area contributed by atoms with Crippen molar-refractivity contribution in [2.75, 3.05) is 11.9 Å². The van der Waals surface area contributed by atoms with Crippen LogP contribution in [0, 0.1) is 19.7 Å². The number of amides is 1. The summed E-state index contributed by atoms with van der Waals surface area (Å²) in [5, 5.41) is 2.69. The number of rotatable bonds is 5. The lowest BCUT2D eigenvalue weighted by Crippen LogP contribution is -2.22. The zero-order valence-corrected chi connectivity index (χ0v) is 13.1. The Morgan fingerprint density at radius 1 is 1.13 bits per heavy atom. The largest absolute Gasteiger partial charge is 0.455 e. The van der Waals surface area contributed by atoms with E-state index in [1.807, 2.05) is 32.0 Å². The number of ether oxygens (including phenoxy) is 1. The molecular formula is C18H18FNO3. The van der Waals surface area contributed by atoms with Gasteiger partial charge in [0, 0.05) is 5.69 Å². The van der Waals surface area contributed by atoms with Gasteiger partial charge in [-0.25, -0.2) is 4.39 Å². The smallest absolute Gasteiger partial charge is 0.310 e. The normalized spacial score (nSPS) is 10.2. The molecule has 0 aliphatic rings. The predicted octanol–water partition coefficient (Wildman–Crippen LogP) is 3.17. The third-order valence-electron chi connectivity index (χ3n) is 3.32. The highest BCUT2D eigenvalue weighted by molar-refractivity contribution is 5.93. The summed E-state index contributed by atoms with van der Waals surface area (Å²) >= 11 is 0. The molecule has 5 heteroatoms. The molecule has 0 fully saturated rings. The number of hydrogen-bond donors (Lipinski definition) is 1. The minimum absolute atomic E-state index is 0.205. The fraction of sp³-hybridized carbons (Fsp3) is 0.222. The van der Waals surface area contributed by atoms with E-state index < -0.39 is 24.3 Å². The van der Waals surface area contributed by atoms with Gasteiger partial charge < -0.3 is 10.1 Å². The van der Waals surface area contributed by atoms with E-state index in [1.54, 1.807) is 12.1 Å². The lowest BCUT2D eigenvalue weighted by molar-refractivity contribution is -0.146. The number of hydrogen-bond acceptors (Lipinski definition) is 3. The van der Waals surface area contributed by atoms with E-state index in [4.69, 9.17) is 4.74 Å². The molecule has 2 rings (SSSR count). The Morgan fingerprint density at radius 2 is 1.87 bits per heavy atom. The molecule has 0 bridgehead atoms. The number of aryl methyl sites for hydroxylation is 2. The Bertz CT molecular complexity index is 728. The summed E-state index contributed by atoms with van der Waals surface area (Å²) < 4.78 is 18.3. The minimum Gasteiger partial charge on any atom is -0.455 e. The van der Waals surface area contributed by atoms with Crippen LogP contribution in [0.25, 0.3) is 0 Å². The molecule has 2 aromatic carbocycles. The Morgan fingerprint density at radius 3 is 2.61 bits per heavy atom. The van der Waals surface area contributed by atoms with Gasteiger partial charge >= 0.3 is 5.97 Å². The molecule has 0 saturated heterocycles. The molecule has 1 amide bonds. The molecule has 0 unspecified atom stereocenters. The third-order valence-corrected chi connectivity index (χ3v) is 3.32. The molecular weight excluding hydrogens is 297 g/mol. The molecule has 0 aromatic heterocycles. The quantitative estimate of drug-likeness (QED) is 0.862. The second kappa shape index (κ2) is 7.54. The van der Waals surface area contributed by atoms with Crippen molar-refractivity contribution in [2.45, 2.75) is 20.3 Å². The zero-order chi connectivity index (χ0) is 16.8. The second-order valence-corrected chi connectivity index (χ2v) is 5.30. The first kappa shape index (κ1) is 16.7. The second-order valence-electron chi connectivity index (χ2n) is 5.30. The lowest BCUT2D eigenvalue weighted by Gasteiger charge is -2.10. The van der Waals surface area contributed by atoms with Crippen LogP contribution in [0.3, 0.4) is 0 Å². The van der Waals surface area contributed by atoms with Crippen LogP contribution in [0.5, 0.6) is 0 Å². The van der Waals surface area contributed by atoms with Crippen molar-refractivity contribution in [1.29, 1.82) is 0 Å². The SMILES string of the molecule is Cc1ccc(C)c(NC(=O)COC(=O)Cc2ccccc2F)c1. The van der Waals surface area contributed by atoms with Gasteiger partial charge in [0.05, 0.1) is 6.42 Å². The summed E-state index contributed by atoms with van der Waals surface area (Å²) in [4.78, 5) is 23.5. The summed E-state index contributed by atoms with van der Waals surface area (Å²) in [6.45, 7) is 3.39. The molecule has 4 nitrogen and oxygen atoms in total. The minimum atomic E-state index is -0.647. The fourth-order valence-corrected chi connectivity index (χ4v) is 2.05. The van der Waals surface area contributed by atoms with Gasteiger partial charge in [0.1, 0.15) is 5.82 Å². The van der Waals surface area contributed by atoms with Gasteiger partial charge in [-0.05, 0) is 42.7 Å². The number of anilines is 1. The molecule has 0 saturated carbocycles. The van der Waals surface area contributed by atoms with E-state index in [1.165, 1.54) is 12.1 Å². The predicted molar refractivity (Wildman–Crippen MR) is 85.6 cm³/mol. The molecule has 1 N–H and O–H groups in total. The highest BCUT2D eigenvalue weighted by Crippen LogP contribution is 2.16. The monoisotopic (exact) mass is 315 g/mol. The first-order valence-electron chi connectivity index (χ1n) is 7.22. The van der Waals surface area contributed by atoms with Gasteiger partial charge in [0.2, 0.25) is 0 Å². The maximum Gasteiger partial charge on any atom is 0.310 e. The molecule has 0 aliphatic carbocycles. The van der Waals surface area contributed by atoms with E-state index in [-0.39, 0.29) is 12.0 Å². The van der Waals surface area contributed by atoms with Crippen molar-refractivity contribution in [3.8, 4) is 0 Å². The van der Waals surface area contributed by atoms with E-state index in [9.17, 15) is 14.0 Å². The number of benzene rings is 2. The average molecular weight is 315 g/mol. The summed E-state index contributed by atoms with van der Waals surface area (Å²) in [6, 6.07) is 11.6. The van der Waals surface area contributed by atoms with Crippen molar-refractivity contribution in [2.24, 2.45) is 0 Å². The van der Waals surface area contributed by atoms with Crippen LogP contribution in [-0.2, 0) is 20.7 Å². The fourth-order valence-electron chi connectivity index (χ4n) is 2.05. The van der Waals surface area contributed by atoms with E-state index >= 15 is 0 Å². The van der Waals surface area contributed by atoms with Crippen LogP contribution in [0.1, 0.15) is 16.7 Å². The Hall–Kier alpha value is -2.69.